The molecule has 3 aliphatic heterocycles. The fraction of sp³-hybridized carbons (Fsp3) is 0.741. The van der Waals surface area contributed by atoms with Gasteiger partial charge in [-0.3, -0.25) is 14.6 Å². The maximum Gasteiger partial charge on any atom is 0.417 e. The van der Waals surface area contributed by atoms with E-state index in [0.717, 1.165) is 31.8 Å². The molecule has 6 nitrogen and oxygen atoms in total. The molecule has 6 rings (SSSR count). The molecule has 0 N–H and O–H groups in total. The average Bonchev–Trinajstić information content (AvgIpc) is 3.16. The number of rotatable bonds is 2. The summed E-state index contributed by atoms with van der Waals surface area (Å²) in [6.45, 7) is 7.64. The van der Waals surface area contributed by atoms with Crippen LogP contribution >= 0.6 is 0 Å². The lowest BCUT2D eigenvalue weighted by Gasteiger charge is -2.38. The summed E-state index contributed by atoms with van der Waals surface area (Å²) in [6.07, 6.45) is 2.59. The molecule has 4 fully saturated rings. The fourth-order valence-corrected chi connectivity index (χ4v) is 7.94. The number of aromatic nitrogens is 1. The maximum atomic E-state index is 14.1. The molecule has 0 radical (unpaired) electrons. The number of halogens is 3. The van der Waals surface area contributed by atoms with Gasteiger partial charge in [0.2, 0.25) is 5.91 Å². The van der Waals surface area contributed by atoms with E-state index in [4.69, 9.17) is 4.74 Å². The zero-order valence-corrected chi connectivity index (χ0v) is 21.2. The van der Waals surface area contributed by atoms with Crippen molar-refractivity contribution < 1.29 is 27.5 Å². The molecule has 2 saturated carbocycles. The molecular weight excluding hydrogens is 471 g/mol. The number of pyridine rings is 1. The lowest BCUT2D eigenvalue weighted by Crippen LogP contribution is -2.49. The summed E-state index contributed by atoms with van der Waals surface area (Å²) in [7, 11) is 0. The molecule has 9 heteroatoms. The van der Waals surface area contributed by atoms with E-state index in [1.165, 1.54) is 19.3 Å². The zero-order valence-electron chi connectivity index (χ0n) is 21.2. The third-order valence-electron chi connectivity index (χ3n) is 9.33. The van der Waals surface area contributed by atoms with E-state index in [0.29, 0.717) is 36.6 Å². The minimum absolute atomic E-state index is 0.00915. The summed E-state index contributed by atoms with van der Waals surface area (Å²) >= 11 is 0. The number of carbonyl (C=O) groups is 2. The Hall–Kier alpha value is -2.16. The smallest absolute Gasteiger partial charge is 0.417 e. The molecule has 0 aromatic carbocycles. The topological polar surface area (TPSA) is 62.7 Å². The van der Waals surface area contributed by atoms with E-state index >= 15 is 0 Å². The molecule has 1 aromatic rings. The van der Waals surface area contributed by atoms with E-state index in [1.54, 1.807) is 4.90 Å². The van der Waals surface area contributed by atoms with Crippen molar-refractivity contribution in [3.8, 4) is 0 Å². The van der Waals surface area contributed by atoms with Gasteiger partial charge >= 0.3 is 12.1 Å². The number of likely N-dealkylation sites (tertiary alicyclic amines) is 1. The first kappa shape index (κ1) is 24.2. The summed E-state index contributed by atoms with van der Waals surface area (Å²) in [4.78, 5) is 36.0. The molecule has 2 aliphatic carbocycles. The van der Waals surface area contributed by atoms with Crippen molar-refractivity contribution in [2.24, 2.45) is 17.3 Å². The SMILES string of the molecule is CC(C)(C)OC(=O)C1C2C13Cc1ncc(C(F)(F)F)cc1CN3C(=O)[C@]21CC[C@@H](N2CCCCC2)C1. The van der Waals surface area contributed by atoms with Crippen LogP contribution in [0.5, 0.6) is 0 Å². The van der Waals surface area contributed by atoms with Crippen molar-refractivity contribution in [1.29, 1.82) is 0 Å². The molecule has 2 spiro atoms. The Morgan fingerprint density at radius 3 is 2.56 bits per heavy atom. The summed E-state index contributed by atoms with van der Waals surface area (Å²) in [5.41, 5.74) is -1.87. The first-order chi connectivity index (χ1) is 16.9. The molecule has 5 aliphatic rings. The monoisotopic (exact) mass is 505 g/mol. The number of piperidine rings is 2. The Balaban J connectivity index is 1.37. The van der Waals surface area contributed by atoms with Crippen molar-refractivity contribution in [1.82, 2.24) is 14.8 Å². The first-order valence-electron chi connectivity index (χ1n) is 13.2. The highest BCUT2D eigenvalue weighted by Crippen LogP contribution is 2.75. The summed E-state index contributed by atoms with van der Waals surface area (Å²) in [6, 6.07) is 1.43. The number of esters is 1. The van der Waals surface area contributed by atoms with Crippen LogP contribution in [-0.2, 0) is 33.5 Å². The predicted octanol–water partition coefficient (Wildman–Crippen LogP) is 4.35. The average molecular weight is 506 g/mol. The Bertz CT molecular complexity index is 1110. The van der Waals surface area contributed by atoms with Gasteiger partial charge in [0.25, 0.3) is 0 Å². The third kappa shape index (κ3) is 3.44. The Morgan fingerprint density at radius 2 is 1.89 bits per heavy atom. The standard InChI is InChI=1S/C27H34F3N3O3/c1-24(2,3)36-22(34)20-21-25(8-7-18(12-25)32-9-5-4-6-10-32)23(35)33-15-16-11-17(27(28,29)30)14-31-19(16)13-26(20,21)33/h11,14,18,20-21H,4-10,12-13,15H2,1-3H3/t18-,20?,21?,25+,26?/m1/s1. The largest absolute Gasteiger partial charge is 0.460 e. The fourth-order valence-electron chi connectivity index (χ4n) is 7.94. The number of amides is 1. The highest BCUT2D eigenvalue weighted by atomic mass is 19.4. The molecule has 0 bridgehead atoms. The molecule has 1 amide bonds. The first-order valence-corrected chi connectivity index (χ1v) is 13.2. The Morgan fingerprint density at radius 1 is 1.17 bits per heavy atom. The van der Waals surface area contributed by atoms with Crippen LogP contribution in [-0.4, -0.2) is 56.9 Å². The molecule has 2 saturated heterocycles. The van der Waals surface area contributed by atoms with Crippen LogP contribution in [0.15, 0.2) is 12.3 Å². The highest BCUT2D eigenvalue weighted by molar-refractivity contribution is 5.95. The van der Waals surface area contributed by atoms with Gasteiger partial charge in [0.15, 0.2) is 0 Å². The second-order valence-corrected chi connectivity index (χ2v) is 12.5. The third-order valence-corrected chi connectivity index (χ3v) is 9.33. The number of alkyl halides is 3. The van der Waals surface area contributed by atoms with Gasteiger partial charge < -0.3 is 14.5 Å². The second kappa shape index (κ2) is 7.68. The Labute approximate surface area is 209 Å². The molecule has 4 heterocycles. The lowest BCUT2D eigenvalue weighted by molar-refractivity contribution is -0.161. The molecule has 3 unspecified atom stereocenters. The quantitative estimate of drug-likeness (QED) is 0.560. The van der Waals surface area contributed by atoms with Crippen LogP contribution in [0, 0.1) is 17.3 Å². The van der Waals surface area contributed by atoms with Crippen LogP contribution in [0.25, 0.3) is 0 Å². The zero-order chi connectivity index (χ0) is 25.7. The Kier molecular flexibility index (Phi) is 5.16. The number of hydrogen-bond donors (Lipinski definition) is 0. The van der Waals surface area contributed by atoms with Gasteiger partial charge in [-0.15, -0.1) is 0 Å². The van der Waals surface area contributed by atoms with Crippen molar-refractivity contribution in [3.05, 3.63) is 29.1 Å². The van der Waals surface area contributed by atoms with Crippen molar-refractivity contribution in [2.45, 2.75) is 95.6 Å². The van der Waals surface area contributed by atoms with Crippen molar-refractivity contribution >= 4 is 11.9 Å². The van der Waals surface area contributed by atoms with Gasteiger partial charge in [0.1, 0.15) is 5.60 Å². The second-order valence-electron chi connectivity index (χ2n) is 12.5. The molecule has 1 aromatic heterocycles. The van der Waals surface area contributed by atoms with E-state index < -0.39 is 34.2 Å². The van der Waals surface area contributed by atoms with Crippen LogP contribution in [0.2, 0.25) is 0 Å². The minimum Gasteiger partial charge on any atom is -0.460 e. The molecule has 36 heavy (non-hydrogen) atoms. The minimum atomic E-state index is -4.50. The molecule has 5 atom stereocenters. The van der Waals surface area contributed by atoms with Gasteiger partial charge in [0, 0.05) is 36.8 Å². The maximum absolute atomic E-state index is 14.1. The highest BCUT2D eigenvalue weighted by Gasteiger charge is 2.86. The van der Waals surface area contributed by atoms with Gasteiger partial charge in [-0.05, 0) is 77.6 Å². The lowest BCUT2D eigenvalue weighted by atomic mass is 9.79. The number of ether oxygens (including phenoxy) is 1. The number of carbonyl (C=O) groups excluding carboxylic acids is 2. The van der Waals surface area contributed by atoms with Gasteiger partial charge in [-0.25, -0.2) is 0 Å². The van der Waals surface area contributed by atoms with Gasteiger partial charge in [-0.2, -0.15) is 13.2 Å². The molecular formula is C27H34F3N3O3. The number of hydrogen-bond acceptors (Lipinski definition) is 5. The summed E-state index contributed by atoms with van der Waals surface area (Å²) in [5.74, 6) is -0.942. The van der Waals surface area contributed by atoms with Crippen molar-refractivity contribution in [2.75, 3.05) is 13.1 Å². The van der Waals surface area contributed by atoms with Crippen LogP contribution in [0.4, 0.5) is 13.2 Å². The molecule has 196 valence electrons. The van der Waals surface area contributed by atoms with Gasteiger partial charge in [-0.1, -0.05) is 6.42 Å². The summed E-state index contributed by atoms with van der Waals surface area (Å²) < 4.78 is 46.0. The number of fused-ring (bicyclic) bond motifs is 2. The van der Waals surface area contributed by atoms with E-state index in [1.807, 2.05) is 20.8 Å². The summed E-state index contributed by atoms with van der Waals surface area (Å²) in [5, 5.41) is 0. The normalized spacial score (nSPS) is 36.0. The van der Waals surface area contributed by atoms with E-state index in [9.17, 15) is 22.8 Å². The van der Waals surface area contributed by atoms with Crippen LogP contribution in [0.3, 0.4) is 0 Å². The predicted molar refractivity (Wildman–Crippen MR) is 125 cm³/mol. The van der Waals surface area contributed by atoms with E-state index in [2.05, 4.69) is 9.88 Å². The van der Waals surface area contributed by atoms with Gasteiger partial charge in [0.05, 0.1) is 22.4 Å². The van der Waals surface area contributed by atoms with E-state index in [-0.39, 0.29) is 24.3 Å². The van der Waals surface area contributed by atoms with Crippen LogP contribution < -0.4 is 0 Å². The number of nitrogens with zero attached hydrogens (tertiary/aromatic N) is 3. The van der Waals surface area contributed by atoms with Crippen LogP contribution in [0.1, 0.15) is 76.1 Å². The van der Waals surface area contributed by atoms with Crippen molar-refractivity contribution in [3.63, 3.8) is 0 Å².